The average molecular weight is 373 g/mol. The number of piperidine rings is 1. The smallest absolute Gasteiger partial charge is 0.180 e. The minimum atomic E-state index is 0.458. The molecule has 1 saturated heterocycles. The number of benzene rings is 1. The molecule has 7 heteroatoms. The topological polar surface area (TPSA) is 72.1 Å². The van der Waals surface area contributed by atoms with Crippen LogP contribution in [0.3, 0.4) is 0 Å². The second-order valence-corrected chi connectivity index (χ2v) is 7.27. The number of hydrogen-bond acceptors (Lipinski definition) is 5. The van der Waals surface area contributed by atoms with Crippen molar-refractivity contribution < 1.29 is 0 Å². The van der Waals surface area contributed by atoms with E-state index in [-0.39, 0.29) is 0 Å². The van der Waals surface area contributed by atoms with Crippen LogP contribution < -0.4 is 10.6 Å². The first-order chi connectivity index (χ1) is 13.8. The van der Waals surface area contributed by atoms with Crippen LogP contribution in [0.1, 0.15) is 24.4 Å². The highest BCUT2D eigenvalue weighted by molar-refractivity contribution is 5.73. The number of nitrogens with one attached hydrogen (secondary N) is 2. The van der Waals surface area contributed by atoms with Crippen molar-refractivity contribution in [3.63, 3.8) is 0 Å². The summed E-state index contributed by atoms with van der Waals surface area (Å²) in [4.78, 5) is 9.16. The summed E-state index contributed by atoms with van der Waals surface area (Å²) in [6.07, 6.45) is 9.91. The van der Waals surface area contributed by atoms with Gasteiger partial charge in [-0.3, -0.25) is 9.08 Å². The lowest BCUT2D eigenvalue weighted by molar-refractivity contribution is 0.344. The molecule has 0 unspecified atom stereocenters. The lowest BCUT2D eigenvalue weighted by atomic mass is 10.1. The first-order valence-corrected chi connectivity index (χ1v) is 9.70. The van der Waals surface area contributed by atoms with Gasteiger partial charge in [0.1, 0.15) is 0 Å². The fourth-order valence-corrected chi connectivity index (χ4v) is 3.83. The largest absolute Gasteiger partial charge is 0.320 e. The predicted octanol–water partition coefficient (Wildman–Crippen LogP) is 3.57. The molecule has 1 aliphatic heterocycles. The maximum absolute atomic E-state index is 4.71. The molecule has 0 saturated carbocycles. The Morgan fingerprint density at radius 2 is 2.00 bits per heavy atom. The lowest BCUT2D eigenvalue weighted by Crippen LogP contribution is -2.29. The van der Waals surface area contributed by atoms with E-state index in [9.17, 15) is 0 Å². The zero-order valence-electron chi connectivity index (χ0n) is 15.8. The van der Waals surface area contributed by atoms with Crippen LogP contribution in [0, 0.1) is 6.92 Å². The maximum atomic E-state index is 4.71. The Bertz CT molecular complexity index is 1100. The Morgan fingerprint density at radius 3 is 2.86 bits per heavy atom. The molecule has 5 rings (SSSR count). The SMILES string of the molecule is Cc1cccc(-c2cnc(Nc3ccn(C4CCNCC4)n3)c3nccn23)c1. The van der Waals surface area contributed by atoms with Crippen molar-refractivity contribution in [1.82, 2.24) is 29.5 Å². The predicted molar refractivity (Wildman–Crippen MR) is 110 cm³/mol. The quantitative estimate of drug-likeness (QED) is 0.572. The summed E-state index contributed by atoms with van der Waals surface area (Å²) in [5.74, 6) is 1.50. The number of fused-ring (bicyclic) bond motifs is 1. The van der Waals surface area contributed by atoms with E-state index in [0.29, 0.717) is 11.9 Å². The number of aryl methyl sites for hydroxylation is 1. The van der Waals surface area contributed by atoms with Crippen molar-refractivity contribution in [2.75, 3.05) is 18.4 Å². The summed E-state index contributed by atoms with van der Waals surface area (Å²) in [5.41, 5.74) is 4.14. The summed E-state index contributed by atoms with van der Waals surface area (Å²) in [7, 11) is 0. The van der Waals surface area contributed by atoms with Gasteiger partial charge in [-0.25, -0.2) is 9.97 Å². The van der Waals surface area contributed by atoms with Gasteiger partial charge in [-0.05, 0) is 38.9 Å². The first kappa shape index (κ1) is 16.9. The van der Waals surface area contributed by atoms with Crippen molar-refractivity contribution in [1.29, 1.82) is 0 Å². The van der Waals surface area contributed by atoms with E-state index in [4.69, 9.17) is 5.10 Å². The van der Waals surface area contributed by atoms with Gasteiger partial charge in [-0.1, -0.05) is 23.8 Å². The monoisotopic (exact) mass is 373 g/mol. The average Bonchev–Trinajstić information content (AvgIpc) is 3.39. The summed E-state index contributed by atoms with van der Waals surface area (Å²) in [5, 5.41) is 11.4. The molecule has 1 aliphatic rings. The van der Waals surface area contributed by atoms with Crippen LogP contribution in [0.15, 0.2) is 55.1 Å². The van der Waals surface area contributed by atoms with Gasteiger partial charge < -0.3 is 10.6 Å². The Morgan fingerprint density at radius 1 is 1.11 bits per heavy atom. The maximum Gasteiger partial charge on any atom is 0.180 e. The third kappa shape index (κ3) is 3.14. The first-order valence-electron chi connectivity index (χ1n) is 9.70. The molecule has 1 aromatic carbocycles. The molecule has 0 aliphatic carbocycles. The van der Waals surface area contributed by atoms with E-state index in [1.165, 1.54) is 5.56 Å². The molecule has 142 valence electrons. The van der Waals surface area contributed by atoms with Gasteiger partial charge in [0.2, 0.25) is 0 Å². The second-order valence-electron chi connectivity index (χ2n) is 7.27. The van der Waals surface area contributed by atoms with Crippen molar-refractivity contribution in [2.45, 2.75) is 25.8 Å². The third-order valence-electron chi connectivity index (χ3n) is 5.28. The highest BCUT2D eigenvalue weighted by Gasteiger charge is 2.16. The summed E-state index contributed by atoms with van der Waals surface area (Å²) >= 11 is 0. The summed E-state index contributed by atoms with van der Waals surface area (Å²) < 4.78 is 4.13. The van der Waals surface area contributed by atoms with Gasteiger partial charge in [0, 0.05) is 30.2 Å². The van der Waals surface area contributed by atoms with Gasteiger partial charge in [0.05, 0.1) is 17.9 Å². The molecule has 1 fully saturated rings. The van der Waals surface area contributed by atoms with Crippen molar-refractivity contribution in [3.8, 4) is 11.3 Å². The van der Waals surface area contributed by atoms with Crippen LogP contribution in [0.25, 0.3) is 16.9 Å². The Hall–Kier alpha value is -3.19. The zero-order valence-corrected chi connectivity index (χ0v) is 15.8. The molecule has 0 atom stereocenters. The molecule has 0 amide bonds. The summed E-state index contributed by atoms with van der Waals surface area (Å²) in [6.45, 7) is 4.19. The Labute approximate surface area is 163 Å². The Balaban J connectivity index is 1.45. The highest BCUT2D eigenvalue weighted by Crippen LogP contribution is 2.26. The van der Waals surface area contributed by atoms with Crippen molar-refractivity contribution in [3.05, 3.63) is 60.7 Å². The van der Waals surface area contributed by atoms with Crippen molar-refractivity contribution in [2.24, 2.45) is 0 Å². The number of anilines is 2. The van der Waals surface area contributed by atoms with Crippen LogP contribution in [-0.4, -0.2) is 37.2 Å². The molecule has 0 radical (unpaired) electrons. The van der Waals surface area contributed by atoms with Crippen LogP contribution in [0.2, 0.25) is 0 Å². The standard InChI is InChI=1S/C21H23N7/c1-15-3-2-4-16(13-15)18-14-24-20(21-23-10-12-27(18)21)25-19-7-11-28(26-19)17-5-8-22-9-6-17/h2-4,7,10-14,17,22H,5-6,8-9H2,1H3,(H,24,25,26). The molecule has 0 spiro atoms. The molecule has 3 aromatic heterocycles. The van der Waals surface area contributed by atoms with E-state index in [0.717, 1.165) is 48.7 Å². The molecule has 0 bridgehead atoms. The fourth-order valence-electron chi connectivity index (χ4n) is 3.83. The summed E-state index contributed by atoms with van der Waals surface area (Å²) in [6, 6.07) is 10.9. The zero-order chi connectivity index (χ0) is 18.9. The number of nitrogens with zero attached hydrogens (tertiary/aromatic N) is 5. The number of hydrogen-bond donors (Lipinski definition) is 2. The Kier molecular flexibility index (Phi) is 4.29. The lowest BCUT2D eigenvalue weighted by Gasteiger charge is -2.22. The van der Waals surface area contributed by atoms with Gasteiger partial charge in [-0.15, -0.1) is 0 Å². The van der Waals surface area contributed by atoms with Crippen LogP contribution in [-0.2, 0) is 0 Å². The van der Waals surface area contributed by atoms with Gasteiger partial charge >= 0.3 is 0 Å². The van der Waals surface area contributed by atoms with Crippen LogP contribution in [0.5, 0.6) is 0 Å². The molecular weight excluding hydrogens is 350 g/mol. The van der Waals surface area contributed by atoms with E-state index in [2.05, 4.69) is 60.9 Å². The minimum absolute atomic E-state index is 0.458. The normalized spacial score (nSPS) is 15.2. The molecule has 7 nitrogen and oxygen atoms in total. The second kappa shape index (κ2) is 7.09. The highest BCUT2D eigenvalue weighted by atomic mass is 15.3. The molecule has 2 N–H and O–H groups in total. The fraction of sp³-hybridized carbons (Fsp3) is 0.286. The van der Waals surface area contributed by atoms with Gasteiger partial charge in [0.25, 0.3) is 0 Å². The van der Waals surface area contributed by atoms with E-state index >= 15 is 0 Å². The minimum Gasteiger partial charge on any atom is -0.320 e. The van der Waals surface area contributed by atoms with Crippen LogP contribution in [0.4, 0.5) is 11.6 Å². The number of aromatic nitrogens is 5. The number of imidazole rings is 1. The van der Waals surface area contributed by atoms with E-state index in [1.807, 2.05) is 24.7 Å². The molecule has 4 heterocycles. The van der Waals surface area contributed by atoms with E-state index in [1.54, 1.807) is 6.20 Å². The van der Waals surface area contributed by atoms with Gasteiger partial charge in [-0.2, -0.15) is 5.10 Å². The third-order valence-corrected chi connectivity index (χ3v) is 5.28. The van der Waals surface area contributed by atoms with Gasteiger partial charge in [0.15, 0.2) is 17.3 Å². The van der Waals surface area contributed by atoms with E-state index < -0.39 is 0 Å². The molecule has 4 aromatic rings. The molecule has 28 heavy (non-hydrogen) atoms. The van der Waals surface area contributed by atoms with Crippen LogP contribution >= 0.6 is 0 Å². The molecular formula is C21H23N7. The number of rotatable bonds is 4. The van der Waals surface area contributed by atoms with Crippen molar-refractivity contribution >= 4 is 17.3 Å².